The standard InChI is InChI=1S/C16H16N4O3/c1-9-13(11-5-7-12(22-3)8-6-11)15-18-17-14(16(21)23-4)10(2)20(15)19-9/h5-8H,1-4H3. The molecule has 0 bridgehead atoms. The molecule has 2 aromatic heterocycles. The van der Waals surface area contributed by atoms with Gasteiger partial charge >= 0.3 is 5.97 Å². The number of hydrogen-bond donors (Lipinski definition) is 0. The number of methoxy groups -OCH3 is 2. The number of carbonyl (C=O) groups excluding carboxylic acids is 1. The van der Waals surface area contributed by atoms with Gasteiger partial charge in [0.2, 0.25) is 0 Å². The Labute approximate surface area is 132 Å². The molecule has 0 saturated heterocycles. The fraction of sp³-hybridized carbons (Fsp3) is 0.250. The van der Waals surface area contributed by atoms with Gasteiger partial charge in [-0.25, -0.2) is 9.31 Å². The summed E-state index contributed by atoms with van der Waals surface area (Å²) in [6.45, 7) is 3.66. The van der Waals surface area contributed by atoms with Crippen LogP contribution in [0.2, 0.25) is 0 Å². The van der Waals surface area contributed by atoms with Crippen molar-refractivity contribution in [2.45, 2.75) is 13.8 Å². The molecule has 2 heterocycles. The van der Waals surface area contributed by atoms with Crippen LogP contribution in [0.15, 0.2) is 24.3 Å². The fourth-order valence-electron chi connectivity index (χ4n) is 2.49. The number of hydrogen-bond acceptors (Lipinski definition) is 6. The quantitative estimate of drug-likeness (QED) is 0.690. The first kappa shape index (κ1) is 15.0. The number of aromatic nitrogens is 4. The number of carbonyl (C=O) groups is 1. The molecule has 0 saturated carbocycles. The van der Waals surface area contributed by atoms with Crippen molar-refractivity contribution in [3.05, 3.63) is 41.3 Å². The van der Waals surface area contributed by atoms with Gasteiger partial charge < -0.3 is 9.47 Å². The van der Waals surface area contributed by atoms with E-state index >= 15 is 0 Å². The monoisotopic (exact) mass is 312 g/mol. The molecule has 0 radical (unpaired) electrons. The average Bonchev–Trinajstić information content (AvgIpc) is 2.91. The van der Waals surface area contributed by atoms with E-state index in [1.54, 1.807) is 18.5 Å². The van der Waals surface area contributed by atoms with Crippen LogP contribution < -0.4 is 4.74 Å². The maximum Gasteiger partial charge on any atom is 0.360 e. The third-order valence-electron chi connectivity index (χ3n) is 3.70. The van der Waals surface area contributed by atoms with Crippen LogP contribution in [0.3, 0.4) is 0 Å². The van der Waals surface area contributed by atoms with Gasteiger partial charge in [0, 0.05) is 0 Å². The SMILES string of the molecule is COC(=O)c1nnc2c(-c3ccc(OC)cc3)c(C)nn2c1C. The summed E-state index contributed by atoms with van der Waals surface area (Å²) in [5.74, 6) is 0.245. The van der Waals surface area contributed by atoms with E-state index in [1.165, 1.54) is 7.11 Å². The Kier molecular flexibility index (Phi) is 3.69. The van der Waals surface area contributed by atoms with Gasteiger partial charge in [-0.2, -0.15) is 5.10 Å². The minimum Gasteiger partial charge on any atom is -0.497 e. The van der Waals surface area contributed by atoms with Crippen molar-refractivity contribution in [2.24, 2.45) is 0 Å². The Morgan fingerprint density at radius 2 is 1.78 bits per heavy atom. The molecule has 0 fully saturated rings. The minimum absolute atomic E-state index is 0.156. The third-order valence-corrected chi connectivity index (χ3v) is 3.70. The van der Waals surface area contributed by atoms with Crippen molar-refractivity contribution >= 4 is 11.6 Å². The topological polar surface area (TPSA) is 78.6 Å². The summed E-state index contributed by atoms with van der Waals surface area (Å²) < 4.78 is 11.5. The molecule has 0 atom stereocenters. The number of rotatable bonds is 3. The molecule has 23 heavy (non-hydrogen) atoms. The first-order chi connectivity index (χ1) is 11.1. The summed E-state index contributed by atoms with van der Waals surface area (Å²) in [6, 6.07) is 7.63. The van der Waals surface area contributed by atoms with E-state index in [0.717, 1.165) is 22.6 Å². The van der Waals surface area contributed by atoms with Gasteiger partial charge in [-0.1, -0.05) is 12.1 Å². The number of ether oxygens (including phenoxy) is 2. The number of fused-ring (bicyclic) bond motifs is 1. The normalized spacial score (nSPS) is 10.8. The Morgan fingerprint density at radius 3 is 2.39 bits per heavy atom. The zero-order chi connectivity index (χ0) is 16.6. The molecule has 118 valence electrons. The lowest BCUT2D eigenvalue weighted by Crippen LogP contribution is -2.12. The molecule has 0 amide bonds. The zero-order valence-electron chi connectivity index (χ0n) is 13.3. The summed E-state index contributed by atoms with van der Waals surface area (Å²) in [4.78, 5) is 11.7. The van der Waals surface area contributed by atoms with Gasteiger partial charge in [-0.05, 0) is 31.5 Å². The van der Waals surface area contributed by atoms with Crippen LogP contribution in [0.5, 0.6) is 5.75 Å². The lowest BCUT2D eigenvalue weighted by molar-refractivity contribution is 0.0590. The zero-order valence-corrected chi connectivity index (χ0v) is 13.3. The number of esters is 1. The summed E-state index contributed by atoms with van der Waals surface area (Å²) >= 11 is 0. The predicted molar refractivity (Wildman–Crippen MR) is 83.6 cm³/mol. The smallest absolute Gasteiger partial charge is 0.360 e. The van der Waals surface area contributed by atoms with E-state index in [4.69, 9.17) is 9.47 Å². The molecular formula is C16H16N4O3. The summed E-state index contributed by atoms with van der Waals surface area (Å²) in [6.07, 6.45) is 0. The van der Waals surface area contributed by atoms with Gasteiger partial charge in [0.15, 0.2) is 11.3 Å². The van der Waals surface area contributed by atoms with Crippen LogP contribution in [0.1, 0.15) is 21.9 Å². The van der Waals surface area contributed by atoms with E-state index in [-0.39, 0.29) is 5.69 Å². The Hall–Kier alpha value is -2.96. The van der Waals surface area contributed by atoms with Crippen molar-refractivity contribution in [1.82, 2.24) is 19.8 Å². The maximum atomic E-state index is 11.7. The second-order valence-corrected chi connectivity index (χ2v) is 5.05. The van der Waals surface area contributed by atoms with Gasteiger partial charge in [0.1, 0.15) is 5.75 Å². The van der Waals surface area contributed by atoms with Gasteiger partial charge in [-0.15, -0.1) is 10.2 Å². The van der Waals surface area contributed by atoms with Crippen molar-refractivity contribution in [3.8, 4) is 16.9 Å². The van der Waals surface area contributed by atoms with Gasteiger partial charge in [-0.3, -0.25) is 0 Å². The van der Waals surface area contributed by atoms with Crippen LogP contribution in [-0.2, 0) is 4.74 Å². The molecule has 0 spiro atoms. The van der Waals surface area contributed by atoms with E-state index in [9.17, 15) is 4.79 Å². The highest BCUT2D eigenvalue weighted by Crippen LogP contribution is 2.29. The second-order valence-electron chi connectivity index (χ2n) is 5.05. The molecule has 0 aliphatic carbocycles. The van der Waals surface area contributed by atoms with Gasteiger partial charge in [0.25, 0.3) is 0 Å². The molecule has 0 aliphatic heterocycles. The van der Waals surface area contributed by atoms with E-state index in [0.29, 0.717) is 11.3 Å². The summed E-state index contributed by atoms with van der Waals surface area (Å²) in [7, 11) is 2.93. The number of nitrogens with zero attached hydrogens (tertiary/aromatic N) is 4. The van der Waals surface area contributed by atoms with Crippen molar-refractivity contribution < 1.29 is 14.3 Å². The molecule has 0 N–H and O–H groups in total. The Morgan fingerprint density at radius 1 is 1.09 bits per heavy atom. The molecule has 0 aliphatic rings. The van der Waals surface area contributed by atoms with Crippen LogP contribution in [0.25, 0.3) is 16.8 Å². The van der Waals surface area contributed by atoms with Crippen LogP contribution in [0.4, 0.5) is 0 Å². The molecule has 3 aromatic rings. The summed E-state index contributed by atoms with van der Waals surface area (Å²) in [5.41, 5.74) is 3.97. The van der Waals surface area contributed by atoms with Crippen LogP contribution >= 0.6 is 0 Å². The first-order valence-electron chi connectivity index (χ1n) is 7.02. The van der Waals surface area contributed by atoms with Crippen molar-refractivity contribution in [3.63, 3.8) is 0 Å². The molecule has 3 rings (SSSR count). The minimum atomic E-state index is -0.531. The maximum absolute atomic E-state index is 11.7. The van der Waals surface area contributed by atoms with Crippen LogP contribution in [0, 0.1) is 13.8 Å². The second kappa shape index (κ2) is 5.68. The van der Waals surface area contributed by atoms with E-state index in [2.05, 4.69) is 15.3 Å². The number of aryl methyl sites for hydroxylation is 2. The Bertz CT molecular complexity index is 884. The molecule has 7 nitrogen and oxygen atoms in total. The largest absolute Gasteiger partial charge is 0.497 e. The molecule has 0 unspecified atom stereocenters. The molecular weight excluding hydrogens is 296 g/mol. The molecule has 7 heteroatoms. The van der Waals surface area contributed by atoms with E-state index < -0.39 is 5.97 Å². The fourth-order valence-corrected chi connectivity index (χ4v) is 2.49. The highest BCUT2D eigenvalue weighted by atomic mass is 16.5. The van der Waals surface area contributed by atoms with Crippen LogP contribution in [-0.4, -0.2) is 40.0 Å². The van der Waals surface area contributed by atoms with Crippen molar-refractivity contribution in [1.29, 1.82) is 0 Å². The molecule has 1 aromatic carbocycles. The average molecular weight is 312 g/mol. The van der Waals surface area contributed by atoms with Crippen molar-refractivity contribution in [2.75, 3.05) is 14.2 Å². The van der Waals surface area contributed by atoms with Gasteiger partial charge in [0.05, 0.1) is 31.2 Å². The first-order valence-corrected chi connectivity index (χ1v) is 7.02. The predicted octanol–water partition coefficient (Wildman–Crippen LogP) is 2.20. The highest BCUT2D eigenvalue weighted by Gasteiger charge is 2.20. The lowest BCUT2D eigenvalue weighted by atomic mass is 10.1. The van der Waals surface area contributed by atoms with E-state index in [1.807, 2.05) is 31.2 Å². The Balaban J connectivity index is 2.20. The number of benzene rings is 1. The lowest BCUT2D eigenvalue weighted by Gasteiger charge is -2.05. The third kappa shape index (κ3) is 2.40. The summed E-state index contributed by atoms with van der Waals surface area (Å²) in [5, 5.41) is 12.7. The highest BCUT2D eigenvalue weighted by molar-refractivity contribution is 5.89.